The summed E-state index contributed by atoms with van der Waals surface area (Å²) in [5.74, 6) is -0.640. The van der Waals surface area contributed by atoms with E-state index >= 15 is 0 Å². The van der Waals surface area contributed by atoms with Crippen LogP contribution < -0.4 is 9.80 Å². The highest BCUT2D eigenvalue weighted by atomic mass is 35.5. The van der Waals surface area contributed by atoms with Crippen LogP contribution in [-0.4, -0.2) is 11.8 Å². The Balaban J connectivity index is 1.68. The fraction of sp³-hybridized carbons (Fsp3) is 0.161. The average molecular weight is 513 g/mol. The lowest BCUT2D eigenvalue weighted by atomic mass is 9.85. The number of anilines is 2. The minimum Gasteiger partial charge on any atom is -0.305 e. The minimum absolute atomic E-state index is 0.0211. The molecule has 1 aliphatic heterocycles. The maximum Gasteiger partial charge on any atom is 0.258 e. The molecule has 2 amide bonds. The molecule has 0 aromatic heterocycles. The van der Waals surface area contributed by atoms with E-state index in [4.69, 9.17) is 11.6 Å². The molecule has 0 unspecified atom stereocenters. The molecule has 4 aromatic carbocycles. The molecule has 37 heavy (non-hydrogen) atoms. The monoisotopic (exact) mass is 512 g/mol. The lowest BCUT2D eigenvalue weighted by molar-refractivity contribution is -0.118. The summed E-state index contributed by atoms with van der Waals surface area (Å²) in [6.45, 7) is 1.85. The van der Waals surface area contributed by atoms with E-state index in [2.05, 4.69) is 0 Å². The standard InChI is InChI=1S/C31H26ClFN2O2/c1-2-30(36)34(25-18-14-23(32)15-19-25)29-20-28(21-8-4-3-5-9-21)35(27-11-7-6-10-26(27)29)31(37)22-12-16-24(33)17-13-22/h3-19,28-29H,2,20H2,1H3/t28-,29-/m0/s1. The van der Waals surface area contributed by atoms with Gasteiger partial charge in [0.15, 0.2) is 0 Å². The Labute approximate surface area is 220 Å². The van der Waals surface area contributed by atoms with E-state index in [0.717, 1.165) is 22.5 Å². The van der Waals surface area contributed by atoms with Crippen LogP contribution in [0.15, 0.2) is 103 Å². The molecule has 2 atom stereocenters. The number of carbonyl (C=O) groups is 2. The largest absolute Gasteiger partial charge is 0.305 e. The number of amides is 2. The van der Waals surface area contributed by atoms with Crippen LogP contribution in [0.25, 0.3) is 0 Å². The maximum atomic E-state index is 13.9. The first-order valence-electron chi connectivity index (χ1n) is 12.3. The fourth-order valence-electron chi connectivity index (χ4n) is 5.06. The Morgan fingerprint density at radius 3 is 2.22 bits per heavy atom. The number of hydrogen-bond donors (Lipinski definition) is 0. The highest BCUT2D eigenvalue weighted by Gasteiger charge is 2.40. The van der Waals surface area contributed by atoms with Crippen molar-refractivity contribution in [2.45, 2.75) is 31.8 Å². The second-order valence-electron chi connectivity index (χ2n) is 9.01. The van der Waals surface area contributed by atoms with Gasteiger partial charge in [-0.25, -0.2) is 4.39 Å². The second-order valence-corrected chi connectivity index (χ2v) is 9.45. The van der Waals surface area contributed by atoms with E-state index in [1.165, 1.54) is 24.3 Å². The van der Waals surface area contributed by atoms with E-state index in [-0.39, 0.29) is 23.9 Å². The zero-order chi connectivity index (χ0) is 25.9. The van der Waals surface area contributed by atoms with Gasteiger partial charge in [-0.15, -0.1) is 0 Å². The lowest BCUT2D eigenvalue weighted by Crippen LogP contribution is -2.45. The molecule has 4 aromatic rings. The topological polar surface area (TPSA) is 40.6 Å². The Morgan fingerprint density at radius 1 is 0.892 bits per heavy atom. The van der Waals surface area contributed by atoms with Crippen molar-refractivity contribution in [2.75, 3.05) is 9.80 Å². The normalized spacial score (nSPS) is 16.7. The summed E-state index contributed by atoms with van der Waals surface area (Å²) in [6, 6.07) is 29.7. The maximum absolute atomic E-state index is 13.9. The molecule has 0 aliphatic carbocycles. The fourth-order valence-corrected chi connectivity index (χ4v) is 5.18. The van der Waals surface area contributed by atoms with Crippen LogP contribution in [-0.2, 0) is 4.79 Å². The predicted octanol–water partition coefficient (Wildman–Crippen LogP) is 7.76. The van der Waals surface area contributed by atoms with Crippen molar-refractivity contribution in [3.63, 3.8) is 0 Å². The predicted molar refractivity (Wildman–Crippen MR) is 145 cm³/mol. The first-order valence-corrected chi connectivity index (χ1v) is 12.7. The zero-order valence-corrected chi connectivity index (χ0v) is 21.1. The van der Waals surface area contributed by atoms with Crippen LogP contribution >= 0.6 is 11.6 Å². The number of carbonyl (C=O) groups excluding carboxylic acids is 2. The smallest absolute Gasteiger partial charge is 0.258 e. The number of halogens is 2. The number of rotatable bonds is 5. The Kier molecular flexibility index (Phi) is 7.06. The molecular formula is C31H26ClFN2O2. The molecule has 0 spiro atoms. The molecule has 1 heterocycles. The second kappa shape index (κ2) is 10.6. The summed E-state index contributed by atoms with van der Waals surface area (Å²) in [6.07, 6.45) is 0.817. The van der Waals surface area contributed by atoms with Crippen LogP contribution in [0.4, 0.5) is 15.8 Å². The Bertz CT molecular complexity index is 1410. The number of benzene rings is 4. The van der Waals surface area contributed by atoms with Gasteiger partial charge in [0.2, 0.25) is 5.91 Å². The summed E-state index contributed by atoms with van der Waals surface area (Å²) in [5, 5.41) is 0.593. The summed E-state index contributed by atoms with van der Waals surface area (Å²) in [5.41, 5.74) is 3.71. The highest BCUT2D eigenvalue weighted by molar-refractivity contribution is 6.30. The molecule has 0 saturated carbocycles. The number of fused-ring (bicyclic) bond motifs is 1. The molecule has 0 N–H and O–H groups in total. The van der Waals surface area contributed by atoms with Crippen molar-refractivity contribution < 1.29 is 14.0 Å². The summed E-state index contributed by atoms with van der Waals surface area (Å²) >= 11 is 6.15. The van der Waals surface area contributed by atoms with Gasteiger partial charge >= 0.3 is 0 Å². The SMILES string of the molecule is CCC(=O)N(c1ccc(Cl)cc1)[C@H]1C[C@@H](c2ccccc2)N(C(=O)c2ccc(F)cc2)c2ccccc21. The molecule has 0 radical (unpaired) electrons. The molecule has 4 nitrogen and oxygen atoms in total. The first-order chi connectivity index (χ1) is 18.0. The number of hydrogen-bond acceptors (Lipinski definition) is 2. The third-order valence-electron chi connectivity index (χ3n) is 6.80. The van der Waals surface area contributed by atoms with Gasteiger partial charge in [-0.05, 0) is 72.1 Å². The van der Waals surface area contributed by atoms with Crippen LogP contribution in [0.2, 0.25) is 5.02 Å². The molecule has 0 fully saturated rings. The number of para-hydroxylation sites is 1. The molecule has 5 rings (SSSR count). The van der Waals surface area contributed by atoms with Gasteiger partial charge in [-0.3, -0.25) is 9.59 Å². The van der Waals surface area contributed by atoms with Gasteiger partial charge in [-0.2, -0.15) is 0 Å². The van der Waals surface area contributed by atoms with Gasteiger partial charge in [0.1, 0.15) is 5.82 Å². The minimum atomic E-state index is -0.396. The lowest BCUT2D eigenvalue weighted by Gasteiger charge is -2.45. The van der Waals surface area contributed by atoms with E-state index in [9.17, 15) is 14.0 Å². The average Bonchev–Trinajstić information content (AvgIpc) is 2.94. The van der Waals surface area contributed by atoms with Crippen molar-refractivity contribution in [1.29, 1.82) is 0 Å². The molecule has 0 bridgehead atoms. The summed E-state index contributed by atoms with van der Waals surface area (Å²) in [7, 11) is 0. The van der Waals surface area contributed by atoms with Crippen LogP contribution in [0.5, 0.6) is 0 Å². The van der Waals surface area contributed by atoms with E-state index in [0.29, 0.717) is 23.4 Å². The van der Waals surface area contributed by atoms with Gasteiger partial charge in [0.05, 0.1) is 12.1 Å². The van der Waals surface area contributed by atoms with E-state index in [1.54, 1.807) is 17.0 Å². The molecule has 6 heteroatoms. The van der Waals surface area contributed by atoms with Crippen molar-refractivity contribution in [2.24, 2.45) is 0 Å². The first kappa shape index (κ1) is 24.7. The van der Waals surface area contributed by atoms with Crippen LogP contribution in [0.3, 0.4) is 0 Å². The summed E-state index contributed by atoms with van der Waals surface area (Å²) < 4.78 is 13.6. The summed E-state index contributed by atoms with van der Waals surface area (Å²) in [4.78, 5) is 30.9. The van der Waals surface area contributed by atoms with Gasteiger partial charge in [-0.1, -0.05) is 67.1 Å². The van der Waals surface area contributed by atoms with Crippen molar-refractivity contribution in [3.8, 4) is 0 Å². The molecule has 186 valence electrons. The Hall–Kier alpha value is -3.96. The number of nitrogens with zero attached hydrogens (tertiary/aromatic N) is 2. The van der Waals surface area contributed by atoms with Crippen LogP contribution in [0.1, 0.15) is 53.3 Å². The van der Waals surface area contributed by atoms with Gasteiger partial charge in [0.25, 0.3) is 5.91 Å². The van der Waals surface area contributed by atoms with Gasteiger partial charge in [0, 0.05) is 28.4 Å². The zero-order valence-electron chi connectivity index (χ0n) is 20.4. The van der Waals surface area contributed by atoms with Crippen LogP contribution in [0, 0.1) is 5.82 Å². The van der Waals surface area contributed by atoms with Crippen molar-refractivity contribution in [3.05, 3.63) is 131 Å². The molecule has 1 aliphatic rings. The Morgan fingerprint density at radius 2 is 1.54 bits per heavy atom. The van der Waals surface area contributed by atoms with Gasteiger partial charge < -0.3 is 9.80 Å². The quantitative estimate of drug-likeness (QED) is 0.274. The van der Waals surface area contributed by atoms with E-state index in [1.807, 2.05) is 78.6 Å². The van der Waals surface area contributed by atoms with Crippen molar-refractivity contribution >= 4 is 34.8 Å². The van der Waals surface area contributed by atoms with Crippen molar-refractivity contribution in [1.82, 2.24) is 0 Å². The third kappa shape index (κ3) is 4.87. The third-order valence-corrected chi connectivity index (χ3v) is 7.05. The highest BCUT2D eigenvalue weighted by Crippen LogP contribution is 2.48. The molecule has 0 saturated heterocycles. The van der Waals surface area contributed by atoms with E-state index < -0.39 is 5.82 Å². The molecular weight excluding hydrogens is 487 g/mol.